The first kappa shape index (κ1) is 12.8. The zero-order valence-electron chi connectivity index (χ0n) is 7.35. The Hall–Kier alpha value is -0.250. The Labute approximate surface area is 88.3 Å². The predicted molar refractivity (Wildman–Crippen MR) is 55.7 cm³/mol. The standard InChI is InChI=1S/C8H14Cl2N2O/c9-5-7(10)6-12-4-2-1-3-8(11)13/h5,12H,1-4,6H2,(H2,11,13). The summed E-state index contributed by atoms with van der Waals surface area (Å²) in [7, 11) is 0. The van der Waals surface area contributed by atoms with Crippen LogP contribution < -0.4 is 11.1 Å². The lowest BCUT2D eigenvalue weighted by Crippen LogP contribution is -2.17. The molecule has 0 radical (unpaired) electrons. The van der Waals surface area contributed by atoms with E-state index < -0.39 is 0 Å². The topological polar surface area (TPSA) is 55.1 Å². The van der Waals surface area contributed by atoms with Gasteiger partial charge in [-0.2, -0.15) is 0 Å². The highest BCUT2D eigenvalue weighted by Crippen LogP contribution is 2.00. The first-order valence-electron chi connectivity index (χ1n) is 4.10. The summed E-state index contributed by atoms with van der Waals surface area (Å²) >= 11 is 11.0. The fourth-order valence-electron chi connectivity index (χ4n) is 0.796. The second kappa shape index (κ2) is 8.35. The number of halogens is 2. The number of amides is 1. The molecule has 0 saturated carbocycles. The number of hydrogen-bond acceptors (Lipinski definition) is 2. The number of primary amides is 1. The molecule has 0 rings (SSSR count). The number of carbonyl (C=O) groups is 1. The molecule has 0 aliphatic heterocycles. The number of rotatable bonds is 7. The van der Waals surface area contributed by atoms with E-state index in [-0.39, 0.29) is 5.91 Å². The van der Waals surface area contributed by atoms with Gasteiger partial charge in [-0.1, -0.05) is 23.2 Å². The lowest BCUT2D eigenvalue weighted by molar-refractivity contribution is -0.118. The molecule has 0 unspecified atom stereocenters. The van der Waals surface area contributed by atoms with Crippen LogP contribution >= 0.6 is 23.2 Å². The number of nitrogens with one attached hydrogen (secondary N) is 1. The molecule has 0 atom stereocenters. The Morgan fingerprint density at radius 1 is 1.46 bits per heavy atom. The van der Waals surface area contributed by atoms with E-state index in [1.807, 2.05) is 0 Å². The van der Waals surface area contributed by atoms with Crippen molar-refractivity contribution in [2.24, 2.45) is 5.73 Å². The van der Waals surface area contributed by atoms with Gasteiger partial charge in [-0.25, -0.2) is 0 Å². The van der Waals surface area contributed by atoms with Crippen LogP contribution in [0.5, 0.6) is 0 Å². The first-order valence-corrected chi connectivity index (χ1v) is 4.92. The smallest absolute Gasteiger partial charge is 0.217 e. The first-order chi connectivity index (χ1) is 6.16. The molecule has 3 N–H and O–H groups in total. The van der Waals surface area contributed by atoms with Crippen molar-refractivity contribution in [2.75, 3.05) is 13.1 Å². The summed E-state index contributed by atoms with van der Waals surface area (Å²) in [6.45, 7) is 1.38. The zero-order chi connectivity index (χ0) is 10.1. The van der Waals surface area contributed by atoms with Crippen LogP contribution in [0.4, 0.5) is 0 Å². The van der Waals surface area contributed by atoms with Crippen LogP contribution in [0.2, 0.25) is 0 Å². The highest BCUT2D eigenvalue weighted by Gasteiger charge is 1.94. The molecule has 0 aliphatic rings. The second-order valence-electron chi connectivity index (χ2n) is 2.66. The lowest BCUT2D eigenvalue weighted by atomic mass is 10.2. The van der Waals surface area contributed by atoms with Crippen LogP contribution in [0.1, 0.15) is 19.3 Å². The molecule has 0 aromatic rings. The fraction of sp³-hybridized carbons (Fsp3) is 0.625. The van der Waals surface area contributed by atoms with E-state index in [9.17, 15) is 4.79 Å². The normalized spacial score (nSPS) is 11.7. The van der Waals surface area contributed by atoms with Gasteiger partial charge >= 0.3 is 0 Å². The van der Waals surface area contributed by atoms with Gasteiger partial charge in [-0.15, -0.1) is 0 Å². The van der Waals surface area contributed by atoms with Gasteiger partial charge in [0.25, 0.3) is 0 Å². The maximum absolute atomic E-state index is 10.3. The Balaban J connectivity index is 3.13. The lowest BCUT2D eigenvalue weighted by Gasteiger charge is -2.01. The van der Waals surface area contributed by atoms with Crippen molar-refractivity contribution in [3.63, 3.8) is 0 Å². The molecule has 1 amide bonds. The fourth-order valence-corrected chi connectivity index (χ4v) is 0.967. The van der Waals surface area contributed by atoms with Gasteiger partial charge in [-0.05, 0) is 19.4 Å². The quantitative estimate of drug-likeness (QED) is 0.646. The molecular formula is C8H14Cl2N2O. The third kappa shape index (κ3) is 9.67. The van der Waals surface area contributed by atoms with E-state index >= 15 is 0 Å². The molecule has 76 valence electrons. The average Bonchev–Trinajstić information content (AvgIpc) is 2.10. The van der Waals surface area contributed by atoms with E-state index in [2.05, 4.69) is 5.32 Å². The molecule has 0 bridgehead atoms. The number of carbonyl (C=O) groups excluding carboxylic acids is 1. The van der Waals surface area contributed by atoms with Crippen molar-refractivity contribution < 1.29 is 4.79 Å². The minimum absolute atomic E-state index is 0.251. The highest BCUT2D eigenvalue weighted by molar-refractivity contribution is 6.36. The zero-order valence-corrected chi connectivity index (χ0v) is 8.87. The third-order valence-corrected chi connectivity index (χ3v) is 2.06. The largest absolute Gasteiger partial charge is 0.370 e. The summed E-state index contributed by atoms with van der Waals surface area (Å²) in [5.74, 6) is -0.251. The van der Waals surface area contributed by atoms with Gasteiger partial charge in [0.05, 0.1) is 0 Å². The second-order valence-corrected chi connectivity index (χ2v) is 3.36. The Morgan fingerprint density at radius 2 is 2.15 bits per heavy atom. The average molecular weight is 225 g/mol. The van der Waals surface area contributed by atoms with E-state index in [1.54, 1.807) is 0 Å². The minimum atomic E-state index is -0.251. The van der Waals surface area contributed by atoms with Crippen molar-refractivity contribution in [1.29, 1.82) is 0 Å². The Morgan fingerprint density at radius 3 is 2.69 bits per heavy atom. The molecular weight excluding hydrogens is 211 g/mol. The van der Waals surface area contributed by atoms with E-state index in [4.69, 9.17) is 28.9 Å². The highest BCUT2D eigenvalue weighted by atomic mass is 35.5. The van der Waals surface area contributed by atoms with Crippen LogP contribution in [-0.4, -0.2) is 19.0 Å². The molecule has 0 aliphatic carbocycles. The SMILES string of the molecule is NC(=O)CCCCNCC(Cl)=CCl. The van der Waals surface area contributed by atoms with Crippen molar-refractivity contribution in [3.05, 3.63) is 10.6 Å². The van der Waals surface area contributed by atoms with E-state index in [1.165, 1.54) is 5.54 Å². The maximum atomic E-state index is 10.3. The molecule has 0 aromatic heterocycles. The summed E-state index contributed by atoms with van der Waals surface area (Å²) < 4.78 is 0. The van der Waals surface area contributed by atoms with Gasteiger partial charge in [0.2, 0.25) is 5.91 Å². The van der Waals surface area contributed by atoms with Gasteiger partial charge in [0.15, 0.2) is 0 Å². The number of nitrogens with two attached hydrogens (primary N) is 1. The molecule has 0 aromatic carbocycles. The summed E-state index contributed by atoms with van der Waals surface area (Å²) in [4.78, 5) is 10.3. The van der Waals surface area contributed by atoms with Crippen molar-refractivity contribution in [3.8, 4) is 0 Å². The van der Waals surface area contributed by atoms with Crippen molar-refractivity contribution in [1.82, 2.24) is 5.32 Å². The number of hydrogen-bond donors (Lipinski definition) is 2. The maximum Gasteiger partial charge on any atom is 0.217 e. The summed E-state index contributed by atoms with van der Waals surface area (Å²) in [5.41, 5.74) is 6.30. The molecule has 0 fully saturated rings. The Bertz CT molecular complexity index is 183. The van der Waals surface area contributed by atoms with E-state index in [0.717, 1.165) is 19.4 Å². The molecule has 0 spiro atoms. The van der Waals surface area contributed by atoms with Crippen molar-refractivity contribution >= 4 is 29.1 Å². The van der Waals surface area contributed by atoms with Gasteiger partial charge in [0, 0.05) is 23.5 Å². The van der Waals surface area contributed by atoms with Gasteiger partial charge < -0.3 is 11.1 Å². The molecule has 0 heterocycles. The summed E-state index contributed by atoms with van der Waals surface area (Å²) in [5, 5.41) is 3.65. The van der Waals surface area contributed by atoms with Gasteiger partial charge in [-0.3, -0.25) is 4.79 Å². The van der Waals surface area contributed by atoms with Crippen LogP contribution in [0.3, 0.4) is 0 Å². The monoisotopic (exact) mass is 224 g/mol. The molecule has 5 heteroatoms. The Kier molecular flexibility index (Phi) is 8.19. The van der Waals surface area contributed by atoms with Crippen LogP contribution in [0, 0.1) is 0 Å². The van der Waals surface area contributed by atoms with Crippen molar-refractivity contribution in [2.45, 2.75) is 19.3 Å². The predicted octanol–water partition coefficient (Wildman–Crippen LogP) is 1.55. The minimum Gasteiger partial charge on any atom is -0.370 e. The molecule has 13 heavy (non-hydrogen) atoms. The third-order valence-electron chi connectivity index (χ3n) is 1.44. The van der Waals surface area contributed by atoms with Crippen LogP contribution in [0.15, 0.2) is 10.6 Å². The molecule has 3 nitrogen and oxygen atoms in total. The molecule has 0 saturated heterocycles. The summed E-state index contributed by atoms with van der Waals surface area (Å²) in [6, 6.07) is 0. The van der Waals surface area contributed by atoms with Crippen LogP contribution in [-0.2, 0) is 4.79 Å². The van der Waals surface area contributed by atoms with Gasteiger partial charge in [0.1, 0.15) is 0 Å². The van der Waals surface area contributed by atoms with E-state index in [0.29, 0.717) is 18.0 Å². The summed E-state index contributed by atoms with van der Waals surface area (Å²) in [6.07, 6.45) is 2.17. The number of unbranched alkanes of at least 4 members (excludes halogenated alkanes) is 1. The van der Waals surface area contributed by atoms with Crippen LogP contribution in [0.25, 0.3) is 0 Å².